The molecule has 0 aliphatic heterocycles. The summed E-state index contributed by atoms with van der Waals surface area (Å²) in [6.45, 7) is 1.98. The zero-order chi connectivity index (χ0) is 19.1. The third-order valence-electron chi connectivity index (χ3n) is 3.71. The summed E-state index contributed by atoms with van der Waals surface area (Å²) < 4.78 is 5.35. The van der Waals surface area contributed by atoms with Crippen LogP contribution in [-0.2, 0) is 6.54 Å². The molecule has 2 aromatic heterocycles. The largest absolute Gasteiger partial charge is 0.424 e. The van der Waals surface area contributed by atoms with E-state index in [9.17, 15) is 4.79 Å². The molecule has 3 rings (SSSR count). The van der Waals surface area contributed by atoms with E-state index >= 15 is 0 Å². The molecule has 0 fully saturated rings. The van der Waals surface area contributed by atoms with Crippen LogP contribution >= 0.6 is 11.8 Å². The maximum absolute atomic E-state index is 12.8. The van der Waals surface area contributed by atoms with E-state index in [1.54, 1.807) is 37.2 Å². The quantitative estimate of drug-likeness (QED) is 0.580. The van der Waals surface area contributed by atoms with Crippen molar-refractivity contribution < 1.29 is 9.21 Å². The van der Waals surface area contributed by atoms with Crippen LogP contribution in [0.1, 0.15) is 27.7 Å². The number of carbonyl (C=O) groups is 1. The number of hydrogen-bond donors (Lipinski definition) is 0. The predicted molar refractivity (Wildman–Crippen MR) is 105 cm³/mol. The Morgan fingerprint density at radius 1 is 1.19 bits per heavy atom. The van der Waals surface area contributed by atoms with E-state index in [1.165, 1.54) is 11.8 Å². The molecular formula is C20H20N4O2S. The maximum Gasteiger partial charge on any atom is 0.256 e. The summed E-state index contributed by atoms with van der Waals surface area (Å²) in [5.74, 6) is 1.48. The molecule has 3 aromatic rings. The topological polar surface area (TPSA) is 72.1 Å². The lowest BCUT2D eigenvalue weighted by molar-refractivity contribution is 0.0768. The van der Waals surface area contributed by atoms with Crippen LogP contribution in [0, 0.1) is 6.92 Å². The lowest BCUT2D eigenvalue weighted by Crippen LogP contribution is -2.27. The van der Waals surface area contributed by atoms with Crippen molar-refractivity contribution in [1.82, 2.24) is 20.1 Å². The van der Waals surface area contributed by atoms with Gasteiger partial charge in [0.25, 0.3) is 5.91 Å². The van der Waals surface area contributed by atoms with E-state index in [1.807, 2.05) is 30.3 Å². The van der Waals surface area contributed by atoms with Gasteiger partial charge >= 0.3 is 0 Å². The second kappa shape index (κ2) is 9.14. The van der Waals surface area contributed by atoms with Gasteiger partial charge in [-0.05, 0) is 17.7 Å². The zero-order valence-electron chi connectivity index (χ0n) is 15.2. The van der Waals surface area contributed by atoms with Crippen molar-refractivity contribution in [3.8, 4) is 0 Å². The zero-order valence-corrected chi connectivity index (χ0v) is 16.0. The molecule has 27 heavy (non-hydrogen) atoms. The van der Waals surface area contributed by atoms with Crippen molar-refractivity contribution in [2.75, 3.05) is 12.8 Å². The first-order chi connectivity index (χ1) is 13.1. The number of hydrogen-bond acceptors (Lipinski definition) is 6. The number of benzene rings is 1. The average Bonchev–Trinajstić information content (AvgIpc) is 3.10. The molecule has 1 aromatic carbocycles. The molecule has 0 N–H and O–H groups in total. The monoisotopic (exact) mass is 380 g/mol. The number of amides is 1. The van der Waals surface area contributed by atoms with Crippen LogP contribution in [0.25, 0.3) is 6.08 Å². The summed E-state index contributed by atoms with van der Waals surface area (Å²) in [6.07, 6.45) is 5.82. The van der Waals surface area contributed by atoms with Crippen LogP contribution in [0.15, 0.2) is 64.2 Å². The molecule has 0 saturated carbocycles. The Bertz CT molecular complexity index is 924. The summed E-state index contributed by atoms with van der Waals surface area (Å²) >= 11 is 1.53. The minimum absolute atomic E-state index is 0.131. The molecule has 0 aliphatic rings. The Morgan fingerprint density at radius 2 is 2.00 bits per heavy atom. The van der Waals surface area contributed by atoms with Crippen molar-refractivity contribution in [3.63, 3.8) is 0 Å². The number of pyridine rings is 1. The molecular weight excluding hydrogens is 360 g/mol. The van der Waals surface area contributed by atoms with Crippen LogP contribution in [0.3, 0.4) is 0 Å². The second-order valence-corrected chi connectivity index (χ2v) is 6.86. The molecule has 0 saturated heterocycles. The van der Waals surface area contributed by atoms with E-state index in [2.05, 4.69) is 27.3 Å². The van der Waals surface area contributed by atoms with Gasteiger partial charge in [0.2, 0.25) is 11.8 Å². The fraction of sp³-hybridized carbons (Fsp3) is 0.200. The average molecular weight is 380 g/mol. The molecule has 6 nitrogen and oxygen atoms in total. The van der Waals surface area contributed by atoms with Gasteiger partial charge in [-0.15, -0.1) is 22.0 Å². The van der Waals surface area contributed by atoms with Gasteiger partial charge < -0.3 is 9.32 Å². The van der Waals surface area contributed by atoms with Crippen LogP contribution in [0.5, 0.6) is 0 Å². The Hall–Kier alpha value is -2.93. The summed E-state index contributed by atoms with van der Waals surface area (Å²) in [7, 11) is 1.71. The number of aryl methyl sites for hydroxylation is 1. The van der Waals surface area contributed by atoms with Gasteiger partial charge in [-0.25, -0.2) is 4.98 Å². The highest BCUT2D eigenvalue weighted by atomic mass is 32.2. The molecule has 1 amide bonds. The van der Waals surface area contributed by atoms with Gasteiger partial charge in [-0.3, -0.25) is 4.79 Å². The van der Waals surface area contributed by atoms with Crippen molar-refractivity contribution in [2.24, 2.45) is 0 Å². The molecule has 0 aliphatic carbocycles. The lowest BCUT2D eigenvalue weighted by Gasteiger charge is -2.16. The molecule has 0 atom stereocenters. The molecule has 138 valence electrons. The minimum Gasteiger partial charge on any atom is -0.424 e. The van der Waals surface area contributed by atoms with Gasteiger partial charge in [0.1, 0.15) is 5.03 Å². The Morgan fingerprint density at radius 3 is 2.74 bits per heavy atom. The number of nitrogens with zero attached hydrogens (tertiary/aromatic N) is 4. The van der Waals surface area contributed by atoms with Crippen molar-refractivity contribution in [2.45, 2.75) is 18.5 Å². The third-order valence-corrected chi connectivity index (χ3v) is 4.67. The highest BCUT2D eigenvalue weighted by Crippen LogP contribution is 2.22. The highest BCUT2D eigenvalue weighted by molar-refractivity contribution is 7.99. The summed E-state index contributed by atoms with van der Waals surface area (Å²) in [6, 6.07) is 13.6. The lowest BCUT2D eigenvalue weighted by atomic mass is 10.2. The Balaban J connectivity index is 1.64. The first-order valence-corrected chi connectivity index (χ1v) is 9.46. The van der Waals surface area contributed by atoms with Crippen LogP contribution < -0.4 is 0 Å². The van der Waals surface area contributed by atoms with Crippen LogP contribution in [0.2, 0.25) is 0 Å². The fourth-order valence-electron chi connectivity index (χ4n) is 2.43. The SMILES string of the molecule is Cc1nnc(CN(C)C(=O)c2cccnc2SC/C=C/c2ccccc2)o1. The maximum atomic E-state index is 12.8. The van der Waals surface area contributed by atoms with Crippen LogP contribution in [0.4, 0.5) is 0 Å². The van der Waals surface area contributed by atoms with Crippen molar-refractivity contribution in [3.05, 3.63) is 77.6 Å². The summed E-state index contributed by atoms with van der Waals surface area (Å²) in [4.78, 5) is 18.7. The normalized spacial score (nSPS) is 11.0. The molecule has 7 heteroatoms. The number of rotatable bonds is 7. The second-order valence-electron chi connectivity index (χ2n) is 5.86. The first-order valence-electron chi connectivity index (χ1n) is 8.47. The molecule has 0 radical (unpaired) electrons. The minimum atomic E-state index is -0.131. The highest BCUT2D eigenvalue weighted by Gasteiger charge is 2.18. The van der Waals surface area contributed by atoms with Gasteiger partial charge in [-0.1, -0.05) is 42.5 Å². The van der Waals surface area contributed by atoms with Gasteiger partial charge in [-0.2, -0.15) is 0 Å². The molecule has 2 heterocycles. The third kappa shape index (κ3) is 5.27. The van der Waals surface area contributed by atoms with Crippen molar-refractivity contribution >= 4 is 23.7 Å². The van der Waals surface area contributed by atoms with E-state index in [-0.39, 0.29) is 12.5 Å². The smallest absolute Gasteiger partial charge is 0.256 e. The molecule has 0 unspecified atom stereocenters. The standard InChI is InChI=1S/C20H20N4O2S/c1-15-22-23-18(26-15)14-24(2)20(25)17-11-6-12-21-19(17)27-13-7-10-16-8-4-3-5-9-16/h3-12H,13-14H2,1-2H3/b10-7+. The van der Waals surface area contributed by atoms with E-state index in [0.29, 0.717) is 22.4 Å². The van der Waals surface area contributed by atoms with Gasteiger partial charge in [0, 0.05) is 25.9 Å². The number of carbonyl (C=O) groups excluding carboxylic acids is 1. The Labute approximate surface area is 162 Å². The first kappa shape index (κ1) is 18.8. The Kier molecular flexibility index (Phi) is 6.38. The van der Waals surface area contributed by atoms with Gasteiger partial charge in [0.15, 0.2) is 0 Å². The summed E-state index contributed by atoms with van der Waals surface area (Å²) in [5, 5.41) is 8.42. The number of thioether (sulfide) groups is 1. The fourth-order valence-corrected chi connectivity index (χ4v) is 3.22. The van der Waals surface area contributed by atoms with E-state index in [4.69, 9.17) is 4.42 Å². The van der Waals surface area contributed by atoms with Crippen LogP contribution in [-0.4, -0.2) is 38.8 Å². The molecule has 0 spiro atoms. The summed E-state index contributed by atoms with van der Waals surface area (Å²) in [5.41, 5.74) is 1.71. The predicted octanol–water partition coefficient (Wildman–Crippen LogP) is 3.85. The van der Waals surface area contributed by atoms with E-state index < -0.39 is 0 Å². The molecule has 0 bridgehead atoms. The van der Waals surface area contributed by atoms with E-state index in [0.717, 1.165) is 11.3 Å². The van der Waals surface area contributed by atoms with Gasteiger partial charge in [0.05, 0.1) is 12.1 Å². The van der Waals surface area contributed by atoms with Crippen molar-refractivity contribution in [1.29, 1.82) is 0 Å². The number of aromatic nitrogens is 3.